The summed E-state index contributed by atoms with van der Waals surface area (Å²) in [4.78, 5) is 19.5. The predicted molar refractivity (Wildman–Crippen MR) is 115 cm³/mol. The molecule has 0 radical (unpaired) electrons. The third-order valence-corrected chi connectivity index (χ3v) is 6.68. The van der Waals surface area contributed by atoms with E-state index in [1.54, 1.807) is 28.8 Å². The van der Waals surface area contributed by atoms with Crippen molar-refractivity contribution in [2.45, 2.75) is 37.8 Å². The molecule has 1 saturated heterocycles. The molecule has 2 bridgehead atoms. The number of rotatable bonds is 3. The molecule has 6 nitrogen and oxygen atoms in total. The summed E-state index contributed by atoms with van der Waals surface area (Å²) in [5.41, 5.74) is 2.46. The van der Waals surface area contributed by atoms with Gasteiger partial charge in [-0.15, -0.1) is 0 Å². The van der Waals surface area contributed by atoms with Crippen LogP contribution in [0.25, 0.3) is 11.3 Å². The summed E-state index contributed by atoms with van der Waals surface area (Å²) in [6.07, 6.45) is 2.85. The Kier molecular flexibility index (Phi) is 5.31. The van der Waals surface area contributed by atoms with E-state index in [4.69, 9.17) is 16.3 Å². The highest BCUT2D eigenvalue weighted by Gasteiger charge is 2.44. The molecule has 1 amide bonds. The summed E-state index contributed by atoms with van der Waals surface area (Å²) in [6.45, 7) is 0. The molecule has 10 heteroatoms. The number of ether oxygens (including phenoxy) is 1. The van der Waals surface area contributed by atoms with Gasteiger partial charge in [0.2, 0.25) is 5.88 Å². The minimum Gasteiger partial charge on any atom is -0.480 e. The van der Waals surface area contributed by atoms with Crippen LogP contribution in [0.5, 0.6) is 5.88 Å². The first-order valence-electron chi connectivity index (χ1n) is 10.5. The van der Waals surface area contributed by atoms with Crippen LogP contribution < -0.4 is 4.74 Å². The molecular formula is C23H20ClF3N4O2. The van der Waals surface area contributed by atoms with Crippen molar-refractivity contribution < 1.29 is 22.7 Å². The van der Waals surface area contributed by atoms with E-state index in [2.05, 4.69) is 10.1 Å². The zero-order valence-corrected chi connectivity index (χ0v) is 18.7. The van der Waals surface area contributed by atoms with E-state index < -0.39 is 17.5 Å². The Morgan fingerprint density at radius 3 is 2.61 bits per heavy atom. The Morgan fingerprint density at radius 1 is 1.18 bits per heavy atom. The first-order valence-corrected chi connectivity index (χ1v) is 10.9. The van der Waals surface area contributed by atoms with Crippen molar-refractivity contribution in [3.05, 3.63) is 63.7 Å². The minimum absolute atomic E-state index is 0.134. The summed E-state index contributed by atoms with van der Waals surface area (Å²) in [5.74, 6) is -4.09. The van der Waals surface area contributed by atoms with Gasteiger partial charge in [0.25, 0.3) is 5.91 Å². The summed E-state index contributed by atoms with van der Waals surface area (Å²) in [6, 6.07) is 4.65. The molecule has 0 spiro atoms. The fraction of sp³-hybridized carbons (Fsp3) is 0.348. The molecule has 33 heavy (non-hydrogen) atoms. The van der Waals surface area contributed by atoms with E-state index in [9.17, 15) is 18.0 Å². The first kappa shape index (κ1) is 21.8. The van der Waals surface area contributed by atoms with Crippen LogP contribution in [0.15, 0.2) is 24.3 Å². The van der Waals surface area contributed by atoms with Crippen molar-refractivity contribution in [3.8, 4) is 17.1 Å². The van der Waals surface area contributed by atoms with E-state index in [0.717, 1.165) is 30.5 Å². The number of methoxy groups -OCH3 is 1. The van der Waals surface area contributed by atoms with E-state index >= 15 is 0 Å². The summed E-state index contributed by atoms with van der Waals surface area (Å²) in [5, 5.41) is 4.93. The number of nitrogens with zero attached hydrogens (tertiary/aromatic N) is 4. The number of fused-ring (bicyclic) bond motifs is 4. The van der Waals surface area contributed by atoms with Crippen LogP contribution in [0, 0.1) is 17.5 Å². The van der Waals surface area contributed by atoms with E-state index in [0.29, 0.717) is 29.3 Å². The summed E-state index contributed by atoms with van der Waals surface area (Å²) in [7, 11) is 3.11. The molecule has 0 aliphatic carbocycles. The molecule has 1 aromatic carbocycles. The van der Waals surface area contributed by atoms with E-state index in [1.165, 1.54) is 7.11 Å². The highest BCUT2D eigenvalue weighted by Crippen LogP contribution is 2.45. The molecule has 2 aromatic heterocycles. The van der Waals surface area contributed by atoms with Gasteiger partial charge < -0.3 is 9.64 Å². The fourth-order valence-electron chi connectivity index (χ4n) is 5.02. The van der Waals surface area contributed by atoms with E-state index in [-0.39, 0.29) is 35.1 Å². The average molecular weight is 477 g/mol. The summed E-state index contributed by atoms with van der Waals surface area (Å²) >= 11 is 6.06. The Hall–Kier alpha value is -3.07. The van der Waals surface area contributed by atoms with Gasteiger partial charge in [0, 0.05) is 24.2 Å². The number of aromatic nitrogens is 3. The maximum absolute atomic E-state index is 13.9. The van der Waals surface area contributed by atoms with Crippen molar-refractivity contribution in [1.29, 1.82) is 0 Å². The molecule has 4 heterocycles. The van der Waals surface area contributed by atoms with Crippen LogP contribution in [0.3, 0.4) is 0 Å². The number of carbonyl (C=O) groups is 1. The first-order chi connectivity index (χ1) is 15.8. The monoisotopic (exact) mass is 476 g/mol. The summed E-state index contributed by atoms with van der Waals surface area (Å²) < 4.78 is 48.1. The predicted octanol–water partition coefficient (Wildman–Crippen LogP) is 4.85. The van der Waals surface area contributed by atoms with Crippen LogP contribution >= 0.6 is 11.6 Å². The Morgan fingerprint density at radius 2 is 1.91 bits per heavy atom. The Labute approximate surface area is 192 Å². The minimum atomic E-state index is -1.51. The number of halogens is 4. The lowest BCUT2D eigenvalue weighted by Crippen LogP contribution is -2.50. The van der Waals surface area contributed by atoms with Crippen molar-refractivity contribution in [2.75, 3.05) is 7.11 Å². The number of carbonyl (C=O) groups excluding carboxylic acids is 1. The topological polar surface area (TPSA) is 60.2 Å². The van der Waals surface area contributed by atoms with Crippen molar-refractivity contribution in [1.82, 2.24) is 19.7 Å². The second-order valence-corrected chi connectivity index (χ2v) is 8.70. The second kappa shape index (κ2) is 8.06. The highest BCUT2D eigenvalue weighted by atomic mass is 35.5. The van der Waals surface area contributed by atoms with Gasteiger partial charge in [0.1, 0.15) is 10.7 Å². The molecule has 1 fully saturated rings. The number of hydrogen-bond acceptors (Lipinski definition) is 4. The second-order valence-electron chi connectivity index (χ2n) is 8.29. The van der Waals surface area contributed by atoms with Gasteiger partial charge >= 0.3 is 0 Å². The maximum atomic E-state index is 13.9. The van der Waals surface area contributed by atoms with Gasteiger partial charge in [-0.3, -0.25) is 9.48 Å². The van der Waals surface area contributed by atoms with E-state index in [1.807, 2.05) is 0 Å². The van der Waals surface area contributed by atoms with Gasteiger partial charge in [-0.05, 0) is 49.9 Å². The third-order valence-electron chi connectivity index (χ3n) is 6.39. The zero-order valence-electron chi connectivity index (χ0n) is 17.9. The lowest BCUT2D eigenvalue weighted by Gasteiger charge is -2.45. The standard InChI is InChI=1S/C23H20ClF3N4O2/c1-30-21(11-8-15(25)19(27)16(26)9-11)13-10-12-4-3-5-18(20(13)29-30)31(12)23(32)17-7-6-14(24)22(28-17)33-2/h6-9,12,18H,3-5,10H2,1-2H3/t12?,18-/m0/s1. The van der Waals surface area contributed by atoms with Crippen molar-refractivity contribution in [2.24, 2.45) is 7.05 Å². The van der Waals surface area contributed by atoms with Crippen molar-refractivity contribution in [3.63, 3.8) is 0 Å². The number of aryl methyl sites for hydroxylation is 1. The molecule has 172 valence electrons. The quantitative estimate of drug-likeness (QED) is 0.507. The number of piperidine rings is 1. The van der Waals surface area contributed by atoms with Crippen molar-refractivity contribution >= 4 is 17.5 Å². The lowest BCUT2D eigenvalue weighted by molar-refractivity contribution is 0.0385. The number of amides is 1. The van der Waals surface area contributed by atoms with Gasteiger partial charge in [-0.25, -0.2) is 18.2 Å². The van der Waals surface area contributed by atoms with Crippen LogP contribution in [0.4, 0.5) is 13.2 Å². The molecule has 3 aromatic rings. The lowest BCUT2D eigenvalue weighted by atomic mass is 9.81. The van der Waals surface area contributed by atoms with Crippen LogP contribution in [-0.4, -0.2) is 38.7 Å². The van der Waals surface area contributed by atoms with Gasteiger partial charge in [0.15, 0.2) is 17.5 Å². The Bertz CT molecular complexity index is 1260. The number of benzene rings is 1. The van der Waals surface area contributed by atoms with Gasteiger partial charge in [0.05, 0.1) is 24.5 Å². The van der Waals surface area contributed by atoms with Gasteiger partial charge in [-0.1, -0.05) is 11.6 Å². The molecule has 2 atom stereocenters. The SMILES string of the molecule is COc1nc(C(=O)N2C3CCC[C@H]2c2nn(C)c(-c4cc(F)c(F)c(F)c4)c2C3)ccc1Cl. The van der Waals surface area contributed by atoms with Crippen LogP contribution in [0.2, 0.25) is 5.02 Å². The normalized spacial score (nSPS) is 19.4. The number of hydrogen-bond donors (Lipinski definition) is 0. The molecular weight excluding hydrogens is 457 g/mol. The van der Waals surface area contributed by atoms with Crippen LogP contribution in [-0.2, 0) is 13.5 Å². The molecule has 2 aliphatic rings. The molecule has 0 saturated carbocycles. The average Bonchev–Trinajstić information content (AvgIpc) is 3.12. The highest BCUT2D eigenvalue weighted by molar-refractivity contribution is 6.31. The maximum Gasteiger partial charge on any atom is 0.273 e. The third kappa shape index (κ3) is 3.45. The fourth-order valence-corrected chi connectivity index (χ4v) is 5.20. The van der Waals surface area contributed by atoms with Gasteiger partial charge in [-0.2, -0.15) is 5.10 Å². The molecule has 5 rings (SSSR count). The zero-order chi connectivity index (χ0) is 23.4. The molecule has 2 aliphatic heterocycles. The smallest absolute Gasteiger partial charge is 0.273 e. The molecule has 1 unspecified atom stereocenters. The molecule has 0 N–H and O–H groups in total. The largest absolute Gasteiger partial charge is 0.480 e. The number of pyridine rings is 1. The van der Waals surface area contributed by atoms with Crippen LogP contribution in [0.1, 0.15) is 47.1 Å². The Balaban J connectivity index is 1.57.